The van der Waals surface area contributed by atoms with Crippen LogP contribution in [0.15, 0.2) is 12.2 Å². The summed E-state index contributed by atoms with van der Waals surface area (Å²) in [6.45, 7) is 11.4. The normalized spacial score (nSPS) is 58.4. The van der Waals surface area contributed by atoms with Crippen molar-refractivity contribution < 1.29 is 24.9 Å². The van der Waals surface area contributed by atoms with Crippen molar-refractivity contribution in [2.75, 3.05) is 6.61 Å². The molecule has 7 fully saturated rings. The molecule has 0 aromatic rings. The molecule has 0 amide bonds. The van der Waals surface area contributed by atoms with E-state index in [1.807, 2.05) is 0 Å². The third kappa shape index (κ3) is 1.99. The van der Waals surface area contributed by atoms with Gasteiger partial charge in [0.1, 0.15) is 11.5 Å². The molecule has 4 bridgehead atoms. The Kier molecular flexibility index (Phi) is 4.26. The lowest BCUT2D eigenvalue weighted by atomic mass is 9.31. The quantitative estimate of drug-likeness (QED) is 0.497. The second-order valence-electron chi connectivity index (χ2n) is 13.0. The maximum absolute atomic E-state index is 13.8. The van der Waals surface area contributed by atoms with E-state index in [1.165, 1.54) is 32.1 Å². The Morgan fingerprint density at radius 3 is 2.47 bits per heavy atom. The minimum absolute atomic E-state index is 0.0599. The molecule has 5 saturated carbocycles. The van der Waals surface area contributed by atoms with Crippen molar-refractivity contribution in [3.63, 3.8) is 0 Å². The molecule has 3 N–H and O–H groups in total. The fourth-order valence-electron chi connectivity index (χ4n) is 10.5. The van der Waals surface area contributed by atoms with Crippen LogP contribution >= 0.6 is 0 Å². The number of aliphatic hydroxyl groups is 3. The van der Waals surface area contributed by atoms with Gasteiger partial charge in [-0.05, 0) is 60.3 Å². The van der Waals surface area contributed by atoms with E-state index in [1.54, 1.807) is 0 Å². The predicted octanol–water partition coefficient (Wildman–Crippen LogP) is 3.60. The number of hydrogen-bond donors (Lipinski definition) is 3. The number of ether oxygens (including phenoxy) is 1. The Hall–Kier alpha value is -0.750. The molecule has 2 saturated heterocycles. The van der Waals surface area contributed by atoms with Crippen molar-refractivity contribution in [1.29, 1.82) is 0 Å². The predicted molar refractivity (Wildman–Crippen MR) is 119 cm³/mol. The van der Waals surface area contributed by atoms with Crippen molar-refractivity contribution >= 4 is 5.78 Å². The number of carbonyl (C=O) groups excluding carboxylic acids is 1. The zero-order chi connectivity index (χ0) is 22.9. The standard InChI is InChI=1S/C27H40O5/c1-15-17-10-11-18-25-13-16-9-7-5-6-8-12-24(16,4)23(2,3)19(25)22(30)27(31,32-14-25)26(18,20(15)28)21(17)29/h16-19,21-22,29-31H,1,5-14H2,2-4H3/t16?,17-,18-,19+,21+,22-,24-,25+,26-,27-/m0/s1. The van der Waals surface area contributed by atoms with Crippen LogP contribution < -0.4 is 0 Å². The van der Waals surface area contributed by atoms with Crippen molar-refractivity contribution in [3.8, 4) is 0 Å². The lowest BCUT2D eigenvalue weighted by molar-refractivity contribution is -0.458. The van der Waals surface area contributed by atoms with Crippen LogP contribution in [0.25, 0.3) is 0 Å². The second-order valence-corrected chi connectivity index (χ2v) is 13.0. The zero-order valence-electron chi connectivity index (χ0n) is 19.9. The average Bonchev–Trinajstić information content (AvgIpc) is 2.83. The Morgan fingerprint density at radius 1 is 1.00 bits per heavy atom. The topological polar surface area (TPSA) is 87.0 Å². The average molecular weight is 445 g/mol. The molecule has 178 valence electrons. The van der Waals surface area contributed by atoms with E-state index in [9.17, 15) is 20.1 Å². The van der Waals surface area contributed by atoms with E-state index >= 15 is 0 Å². The van der Waals surface area contributed by atoms with E-state index in [0.717, 1.165) is 25.7 Å². The van der Waals surface area contributed by atoms with Crippen molar-refractivity contribution in [3.05, 3.63) is 12.2 Å². The van der Waals surface area contributed by atoms with E-state index in [-0.39, 0.29) is 34.4 Å². The largest absolute Gasteiger partial charge is 0.391 e. The molecule has 0 aromatic heterocycles. The molecule has 32 heavy (non-hydrogen) atoms. The van der Waals surface area contributed by atoms with Crippen LogP contribution in [0.3, 0.4) is 0 Å². The lowest BCUT2D eigenvalue weighted by Crippen LogP contribution is -2.85. The van der Waals surface area contributed by atoms with Crippen LogP contribution in [-0.4, -0.2) is 45.7 Å². The molecule has 2 aliphatic heterocycles. The Morgan fingerprint density at radius 2 is 1.72 bits per heavy atom. The number of carbonyl (C=O) groups is 1. The van der Waals surface area contributed by atoms with Crippen LogP contribution in [0.4, 0.5) is 0 Å². The number of rotatable bonds is 0. The minimum Gasteiger partial charge on any atom is -0.391 e. The van der Waals surface area contributed by atoms with Crippen LogP contribution in [0.2, 0.25) is 0 Å². The lowest BCUT2D eigenvalue weighted by Gasteiger charge is -2.77. The Labute approximate surface area is 191 Å². The molecule has 5 nitrogen and oxygen atoms in total. The monoisotopic (exact) mass is 444 g/mol. The van der Waals surface area contributed by atoms with Gasteiger partial charge >= 0.3 is 0 Å². The van der Waals surface area contributed by atoms with E-state index in [0.29, 0.717) is 18.1 Å². The van der Waals surface area contributed by atoms with Crippen molar-refractivity contribution in [1.82, 2.24) is 0 Å². The summed E-state index contributed by atoms with van der Waals surface area (Å²) in [5, 5.41) is 35.5. The number of aliphatic hydroxyl groups excluding tert-OH is 2. The summed E-state index contributed by atoms with van der Waals surface area (Å²) in [7, 11) is 0. The summed E-state index contributed by atoms with van der Waals surface area (Å²) in [5.74, 6) is -2.53. The summed E-state index contributed by atoms with van der Waals surface area (Å²) in [5.41, 5.74) is -1.65. The SMILES string of the molecule is C=C1C(=O)[C@]23[C@H](O)[C@H]1CC[C@H]2[C@@]12CO[C@@]3(O)[C@@H](O)[C@@H]1C(C)(C)[C@@]1(C)CCCCCCC1C2. The smallest absolute Gasteiger partial charge is 0.208 e. The van der Waals surface area contributed by atoms with E-state index in [2.05, 4.69) is 27.4 Å². The van der Waals surface area contributed by atoms with Gasteiger partial charge in [-0.15, -0.1) is 0 Å². The van der Waals surface area contributed by atoms with Gasteiger partial charge in [0, 0.05) is 17.3 Å². The molecule has 0 aromatic carbocycles. The third-order valence-electron chi connectivity index (χ3n) is 12.2. The van der Waals surface area contributed by atoms with Crippen LogP contribution in [0, 0.1) is 45.3 Å². The first kappa shape index (κ1) is 21.8. The summed E-state index contributed by atoms with van der Waals surface area (Å²) >= 11 is 0. The van der Waals surface area contributed by atoms with Crippen molar-refractivity contribution in [2.45, 2.75) is 96.6 Å². The molecule has 7 rings (SSSR count). The minimum atomic E-state index is -2.05. The number of ketones is 1. The summed E-state index contributed by atoms with van der Waals surface area (Å²) in [4.78, 5) is 13.8. The first-order chi connectivity index (χ1) is 15.0. The Balaban J connectivity index is 1.57. The fourth-order valence-corrected chi connectivity index (χ4v) is 10.5. The highest BCUT2D eigenvalue weighted by atomic mass is 16.6. The molecule has 2 spiro atoms. The van der Waals surface area contributed by atoms with Gasteiger partial charge < -0.3 is 20.1 Å². The maximum Gasteiger partial charge on any atom is 0.208 e. The number of Topliss-reactive ketones (excluding diaryl/α,β-unsaturated/α-hetero) is 1. The molecule has 0 radical (unpaired) electrons. The first-order valence-corrected chi connectivity index (χ1v) is 13.0. The summed E-state index contributed by atoms with van der Waals surface area (Å²) in [6.07, 6.45) is 7.45. The highest BCUT2D eigenvalue weighted by Crippen LogP contribution is 2.79. The van der Waals surface area contributed by atoms with Crippen LogP contribution in [-0.2, 0) is 9.53 Å². The molecule has 1 unspecified atom stereocenters. The van der Waals surface area contributed by atoms with Gasteiger partial charge in [-0.2, -0.15) is 0 Å². The molecule has 5 heteroatoms. The fraction of sp³-hybridized carbons (Fsp3) is 0.889. The molecular formula is C27H40O5. The van der Waals surface area contributed by atoms with Gasteiger partial charge in [-0.25, -0.2) is 0 Å². The Bertz CT molecular complexity index is 881. The van der Waals surface area contributed by atoms with Gasteiger partial charge in [-0.3, -0.25) is 4.79 Å². The van der Waals surface area contributed by atoms with Gasteiger partial charge in [0.2, 0.25) is 5.79 Å². The summed E-state index contributed by atoms with van der Waals surface area (Å²) < 4.78 is 6.16. The van der Waals surface area contributed by atoms with E-state index < -0.39 is 28.8 Å². The van der Waals surface area contributed by atoms with E-state index in [4.69, 9.17) is 4.74 Å². The molecule has 2 heterocycles. The highest BCUT2D eigenvalue weighted by Gasteiger charge is 2.87. The molecule has 7 aliphatic rings. The second kappa shape index (κ2) is 6.27. The van der Waals surface area contributed by atoms with Gasteiger partial charge in [-0.1, -0.05) is 53.0 Å². The zero-order valence-corrected chi connectivity index (χ0v) is 19.9. The number of fused-ring (bicyclic) bond motifs is 3. The highest BCUT2D eigenvalue weighted by molar-refractivity contribution is 6.05. The van der Waals surface area contributed by atoms with Gasteiger partial charge in [0.25, 0.3) is 0 Å². The number of hydrogen-bond acceptors (Lipinski definition) is 5. The molecular weight excluding hydrogens is 404 g/mol. The van der Waals surface area contributed by atoms with Gasteiger partial charge in [0.15, 0.2) is 5.78 Å². The van der Waals surface area contributed by atoms with Crippen LogP contribution in [0.1, 0.15) is 78.6 Å². The summed E-state index contributed by atoms with van der Waals surface area (Å²) in [6, 6.07) is 0. The van der Waals surface area contributed by atoms with Gasteiger partial charge in [0.05, 0.1) is 12.7 Å². The molecule has 10 atom stereocenters. The third-order valence-corrected chi connectivity index (χ3v) is 12.2. The molecule has 5 aliphatic carbocycles. The first-order valence-electron chi connectivity index (χ1n) is 13.0. The van der Waals surface area contributed by atoms with Crippen molar-refractivity contribution in [2.24, 2.45) is 45.3 Å². The van der Waals surface area contributed by atoms with Crippen LogP contribution in [0.5, 0.6) is 0 Å². The maximum atomic E-state index is 13.8.